The second-order valence-electron chi connectivity index (χ2n) is 6.27. The van der Waals surface area contributed by atoms with E-state index in [2.05, 4.69) is 50.5 Å². The summed E-state index contributed by atoms with van der Waals surface area (Å²) >= 11 is 1.72. The molecule has 0 unspecified atom stereocenters. The van der Waals surface area contributed by atoms with E-state index in [0.717, 1.165) is 40.9 Å². The van der Waals surface area contributed by atoms with Crippen molar-refractivity contribution >= 4 is 22.8 Å². The number of aromatic nitrogens is 4. The summed E-state index contributed by atoms with van der Waals surface area (Å²) in [5.41, 5.74) is 3.43. The number of nitrogens with zero attached hydrogens (tertiary/aromatic N) is 4. The van der Waals surface area contributed by atoms with Gasteiger partial charge in [-0.05, 0) is 17.7 Å². The van der Waals surface area contributed by atoms with Crippen molar-refractivity contribution in [2.45, 2.75) is 24.0 Å². The van der Waals surface area contributed by atoms with E-state index in [0.29, 0.717) is 6.61 Å². The van der Waals surface area contributed by atoms with Gasteiger partial charge in [-0.15, -0.1) is 0 Å². The van der Waals surface area contributed by atoms with Crippen LogP contribution in [0.1, 0.15) is 11.4 Å². The highest BCUT2D eigenvalue weighted by Crippen LogP contribution is 2.26. The Bertz CT molecular complexity index is 1010. The predicted octanol–water partition coefficient (Wildman–Crippen LogP) is 4.22. The SMILES string of the molecule is COCCn1c(SCc2nccn2Cc2ccccc2)nc2ccccc21. The molecule has 4 rings (SSSR count). The lowest BCUT2D eigenvalue weighted by atomic mass is 10.2. The van der Waals surface area contributed by atoms with Crippen molar-refractivity contribution < 1.29 is 4.74 Å². The Morgan fingerprint density at radius 3 is 2.70 bits per heavy atom. The van der Waals surface area contributed by atoms with Crippen LogP contribution in [0.3, 0.4) is 0 Å². The molecule has 0 aliphatic heterocycles. The molecular weight excluding hydrogens is 356 g/mol. The van der Waals surface area contributed by atoms with E-state index in [4.69, 9.17) is 9.72 Å². The van der Waals surface area contributed by atoms with Gasteiger partial charge in [-0.1, -0.05) is 54.2 Å². The summed E-state index contributed by atoms with van der Waals surface area (Å²) in [5.74, 6) is 1.82. The van der Waals surface area contributed by atoms with Gasteiger partial charge in [-0.25, -0.2) is 9.97 Å². The van der Waals surface area contributed by atoms with E-state index in [1.165, 1.54) is 5.56 Å². The molecule has 2 aromatic heterocycles. The van der Waals surface area contributed by atoms with Crippen LogP contribution in [0.5, 0.6) is 0 Å². The molecule has 0 fully saturated rings. The third-order valence-electron chi connectivity index (χ3n) is 4.47. The molecule has 138 valence electrons. The molecule has 0 aliphatic rings. The molecule has 6 heteroatoms. The van der Waals surface area contributed by atoms with Crippen molar-refractivity contribution in [2.75, 3.05) is 13.7 Å². The molecule has 0 saturated carbocycles. The van der Waals surface area contributed by atoms with Gasteiger partial charge in [-0.2, -0.15) is 0 Å². The minimum absolute atomic E-state index is 0.663. The molecule has 2 aromatic carbocycles. The van der Waals surface area contributed by atoms with Gasteiger partial charge in [0.15, 0.2) is 5.16 Å². The van der Waals surface area contributed by atoms with Gasteiger partial charge in [0.25, 0.3) is 0 Å². The number of methoxy groups -OCH3 is 1. The van der Waals surface area contributed by atoms with Crippen LogP contribution in [0.25, 0.3) is 11.0 Å². The van der Waals surface area contributed by atoms with Crippen molar-refractivity contribution in [1.82, 2.24) is 19.1 Å². The van der Waals surface area contributed by atoms with Crippen molar-refractivity contribution in [1.29, 1.82) is 0 Å². The summed E-state index contributed by atoms with van der Waals surface area (Å²) in [5, 5.41) is 1.00. The zero-order chi connectivity index (χ0) is 18.5. The van der Waals surface area contributed by atoms with Crippen LogP contribution < -0.4 is 0 Å². The lowest BCUT2D eigenvalue weighted by Crippen LogP contribution is -2.07. The number of fused-ring (bicyclic) bond motifs is 1. The van der Waals surface area contributed by atoms with Crippen LogP contribution in [0.2, 0.25) is 0 Å². The summed E-state index contributed by atoms with van der Waals surface area (Å²) in [4.78, 5) is 9.37. The van der Waals surface area contributed by atoms with Crippen LogP contribution in [-0.2, 0) is 23.6 Å². The molecule has 0 atom stereocenters. The fourth-order valence-corrected chi connectivity index (χ4v) is 4.10. The number of thioether (sulfide) groups is 1. The van der Waals surface area contributed by atoms with Crippen molar-refractivity contribution in [3.8, 4) is 0 Å². The topological polar surface area (TPSA) is 44.9 Å². The Morgan fingerprint density at radius 1 is 1.04 bits per heavy atom. The summed E-state index contributed by atoms with van der Waals surface area (Å²) in [7, 11) is 1.73. The van der Waals surface area contributed by atoms with Crippen molar-refractivity contribution in [3.63, 3.8) is 0 Å². The van der Waals surface area contributed by atoms with Gasteiger partial charge in [0, 0.05) is 32.6 Å². The van der Waals surface area contributed by atoms with E-state index < -0.39 is 0 Å². The zero-order valence-electron chi connectivity index (χ0n) is 15.3. The average molecular weight is 379 g/mol. The number of imidazole rings is 2. The largest absolute Gasteiger partial charge is 0.383 e. The van der Waals surface area contributed by atoms with E-state index in [9.17, 15) is 0 Å². The average Bonchev–Trinajstić information content (AvgIpc) is 3.29. The lowest BCUT2D eigenvalue weighted by molar-refractivity contribution is 0.186. The van der Waals surface area contributed by atoms with Gasteiger partial charge < -0.3 is 13.9 Å². The summed E-state index contributed by atoms with van der Waals surface area (Å²) in [6.07, 6.45) is 3.91. The predicted molar refractivity (Wildman–Crippen MR) is 109 cm³/mol. The monoisotopic (exact) mass is 378 g/mol. The van der Waals surface area contributed by atoms with Gasteiger partial charge in [-0.3, -0.25) is 0 Å². The molecule has 27 heavy (non-hydrogen) atoms. The number of benzene rings is 2. The molecule has 0 N–H and O–H groups in total. The quantitative estimate of drug-likeness (QED) is 0.431. The van der Waals surface area contributed by atoms with Crippen LogP contribution in [0, 0.1) is 0 Å². The number of hydrogen-bond acceptors (Lipinski definition) is 4. The zero-order valence-corrected chi connectivity index (χ0v) is 16.1. The van der Waals surface area contributed by atoms with Crippen LogP contribution in [0.4, 0.5) is 0 Å². The number of para-hydroxylation sites is 2. The highest BCUT2D eigenvalue weighted by Gasteiger charge is 2.12. The van der Waals surface area contributed by atoms with Gasteiger partial charge in [0.1, 0.15) is 5.82 Å². The Hall–Kier alpha value is -2.57. The maximum Gasteiger partial charge on any atom is 0.169 e. The van der Waals surface area contributed by atoms with Crippen molar-refractivity contribution in [2.24, 2.45) is 0 Å². The van der Waals surface area contributed by atoms with Gasteiger partial charge in [0.2, 0.25) is 0 Å². The van der Waals surface area contributed by atoms with Gasteiger partial charge >= 0.3 is 0 Å². The second-order valence-corrected chi connectivity index (χ2v) is 7.22. The van der Waals surface area contributed by atoms with E-state index in [1.807, 2.05) is 30.6 Å². The fourth-order valence-electron chi connectivity index (χ4n) is 3.10. The first-order chi connectivity index (χ1) is 13.3. The fraction of sp³-hybridized carbons (Fsp3) is 0.238. The molecule has 4 aromatic rings. The maximum absolute atomic E-state index is 5.28. The lowest BCUT2D eigenvalue weighted by Gasteiger charge is -2.10. The molecule has 2 heterocycles. The molecule has 5 nitrogen and oxygen atoms in total. The molecule has 0 bridgehead atoms. The molecule has 0 radical (unpaired) electrons. The Kier molecular flexibility index (Phi) is 5.55. The Balaban J connectivity index is 1.53. The molecular formula is C21H22N4OS. The minimum Gasteiger partial charge on any atom is -0.383 e. The molecule has 0 amide bonds. The highest BCUT2D eigenvalue weighted by atomic mass is 32.2. The standard InChI is InChI=1S/C21H22N4OS/c1-26-14-13-25-19-10-6-5-9-18(19)23-21(25)27-16-20-22-11-12-24(20)15-17-7-3-2-4-8-17/h2-12H,13-16H2,1H3. The summed E-state index contributed by atoms with van der Waals surface area (Å²) in [6, 6.07) is 18.7. The molecule has 0 saturated heterocycles. The van der Waals surface area contributed by atoms with Crippen LogP contribution >= 0.6 is 11.8 Å². The summed E-state index contributed by atoms with van der Waals surface area (Å²) in [6.45, 7) is 2.28. The van der Waals surface area contributed by atoms with E-state index in [1.54, 1.807) is 18.9 Å². The number of ether oxygens (including phenoxy) is 1. The smallest absolute Gasteiger partial charge is 0.169 e. The third-order valence-corrected chi connectivity index (χ3v) is 5.44. The van der Waals surface area contributed by atoms with Gasteiger partial charge in [0.05, 0.1) is 23.4 Å². The highest BCUT2D eigenvalue weighted by molar-refractivity contribution is 7.98. The van der Waals surface area contributed by atoms with Crippen molar-refractivity contribution in [3.05, 3.63) is 78.4 Å². The first-order valence-electron chi connectivity index (χ1n) is 8.96. The Morgan fingerprint density at radius 2 is 1.85 bits per heavy atom. The van der Waals surface area contributed by atoms with Crippen LogP contribution in [-0.4, -0.2) is 32.8 Å². The summed E-state index contributed by atoms with van der Waals surface area (Å²) < 4.78 is 9.71. The number of hydrogen-bond donors (Lipinski definition) is 0. The second kappa shape index (κ2) is 8.41. The first-order valence-corrected chi connectivity index (χ1v) is 9.94. The molecule has 0 spiro atoms. The number of rotatable bonds is 8. The normalized spacial score (nSPS) is 11.3. The van der Waals surface area contributed by atoms with E-state index >= 15 is 0 Å². The maximum atomic E-state index is 5.28. The van der Waals surface area contributed by atoms with E-state index in [-0.39, 0.29) is 0 Å². The van der Waals surface area contributed by atoms with Crippen LogP contribution in [0.15, 0.2) is 72.1 Å². The third kappa shape index (κ3) is 4.07. The Labute approximate surface area is 163 Å². The first kappa shape index (κ1) is 17.8. The minimum atomic E-state index is 0.663. The molecule has 0 aliphatic carbocycles.